The first-order valence-corrected chi connectivity index (χ1v) is 34.0. The number of carbonyl (C=O) groups excluding carboxylic acids is 10. The maximum atomic E-state index is 15.2. The van der Waals surface area contributed by atoms with Gasteiger partial charge in [0, 0.05) is 19.5 Å². The number of nitrogens with zero attached hydrogens (tertiary/aromatic N) is 2. The van der Waals surface area contributed by atoms with E-state index in [-0.39, 0.29) is 64.1 Å². The molecule has 0 radical (unpaired) electrons. The molecule has 5 aliphatic heterocycles. The fourth-order valence-corrected chi connectivity index (χ4v) is 16.7. The van der Waals surface area contributed by atoms with Crippen molar-refractivity contribution in [2.75, 3.05) is 26.2 Å². The van der Waals surface area contributed by atoms with E-state index in [2.05, 4.69) is 51.1 Å². The number of nitrogens with two attached hydrogens (primary N) is 2. The molecule has 24 heteroatoms. The molecule has 9 amide bonds. The van der Waals surface area contributed by atoms with Crippen LogP contribution in [0, 0.1) is 23.7 Å². The maximum absolute atomic E-state index is 15.2. The predicted octanol–water partition coefficient (Wildman–Crippen LogP) is 3.22. The van der Waals surface area contributed by atoms with Crippen molar-refractivity contribution in [2.45, 2.75) is 216 Å². The van der Waals surface area contributed by atoms with Gasteiger partial charge in [0.1, 0.15) is 48.3 Å². The Labute approximate surface area is 537 Å². The van der Waals surface area contributed by atoms with Gasteiger partial charge >= 0.3 is 0 Å². The van der Waals surface area contributed by atoms with E-state index >= 15 is 9.59 Å². The zero-order valence-corrected chi connectivity index (χ0v) is 55.5. The summed E-state index contributed by atoms with van der Waals surface area (Å²) in [4.78, 5) is 151. The number of hydrogen-bond acceptors (Lipinski definition) is 15. The van der Waals surface area contributed by atoms with Crippen molar-refractivity contribution in [1.82, 2.24) is 47.0 Å². The molecule has 7 aliphatic rings. The molecule has 0 aromatic heterocycles. The number of carbonyl (C=O) groups is 10. The average molecular weight is 1280 g/mol. The number of Topliss-reactive ketones (excluding diaryl/α,β-unsaturated/α-hetero) is 1. The highest BCUT2D eigenvalue weighted by Crippen LogP contribution is 2.68. The number of aliphatic hydroxyl groups is 1. The molecule has 3 saturated heterocycles. The first-order valence-electron chi connectivity index (χ1n) is 32.4. The van der Waals surface area contributed by atoms with Gasteiger partial charge in [-0.3, -0.25) is 47.9 Å². The van der Waals surface area contributed by atoms with Gasteiger partial charge in [-0.1, -0.05) is 85.7 Å². The molecule has 0 unspecified atom stereocenters. The van der Waals surface area contributed by atoms with E-state index in [9.17, 15) is 43.5 Å². The quantitative estimate of drug-likeness (QED) is 0.136. The Hall–Kier alpha value is -6.34. The van der Waals surface area contributed by atoms with Crippen LogP contribution in [0.2, 0.25) is 0 Å². The van der Waals surface area contributed by atoms with E-state index in [1.54, 1.807) is 90.6 Å². The molecular weight excluding hydrogens is 1190 g/mol. The van der Waals surface area contributed by atoms with E-state index in [4.69, 9.17) is 11.5 Å². The van der Waals surface area contributed by atoms with Crippen LogP contribution in [-0.4, -0.2) is 170 Å². The number of nitrogens with one attached hydrogen (secondary N) is 7. The van der Waals surface area contributed by atoms with Crippen LogP contribution in [0.3, 0.4) is 0 Å². The van der Waals surface area contributed by atoms with Crippen LogP contribution in [0.25, 0.3) is 0 Å². The van der Waals surface area contributed by atoms with E-state index in [0.29, 0.717) is 41.1 Å². The van der Waals surface area contributed by atoms with Crippen molar-refractivity contribution in [3.05, 3.63) is 80.2 Å². The summed E-state index contributed by atoms with van der Waals surface area (Å²) in [5.41, 5.74) is 16.9. The second-order valence-electron chi connectivity index (χ2n) is 26.8. The molecule has 8 rings (SSSR count). The van der Waals surface area contributed by atoms with Crippen LogP contribution < -0.4 is 48.7 Å². The lowest BCUT2D eigenvalue weighted by Crippen LogP contribution is -2.63. The number of ketones is 1. The minimum Gasteiger partial charge on any atom is -0.390 e. The molecule has 1 aromatic carbocycles. The molecule has 22 nitrogen and oxygen atoms in total. The highest BCUT2D eigenvalue weighted by atomic mass is 32.2. The number of benzene rings is 1. The molecule has 0 spiro atoms. The summed E-state index contributed by atoms with van der Waals surface area (Å²) in [6.07, 6.45) is 6.94. The van der Waals surface area contributed by atoms with E-state index in [0.717, 1.165) is 41.6 Å². The van der Waals surface area contributed by atoms with Crippen molar-refractivity contribution < 1.29 is 53.1 Å². The zero-order valence-electron chi connectivity index (χ0n) is 53.8. The summed E-state index contributed by atoms with van der Waals surface area (Å²) >= 11 is 2.82. The molecular formula is C66H95N11O11S2. The fourth-order valence-electron chi connectivity index (χ4n) is 13.6. The molecule has 90 heavy (non-hydrogen) atoms. The monoisotopic (exact) mass is 1280 g/mol. The first-order chi connectivity index (χ1) is 42.6. The van der Waals surface area contributed by atoms with Crippen LogP contribution in [0.5, 0.6) is 0 Å². The van der Waals surface area contributed by atoms with Crippen LogP contribution in [0.15, 0.2) is 74.6 Å². The van der Waals surface area contributed by atoms with Crippen molar-refractivity contribution in [3.8, 4) is 0 Å². The third kappa shape index (κ3) is 14.6. The number of amides is 9. The Morgan fingerprint density at radius 2 is 0.989 bits per heavy atom. The summed E-state index contributed by atoms with van der Waals surface area (Å²) in [6, 6.07) is -1.97. The highest BCUT2D eigenvalue weighted by Gasteiger charge is 2.61. The number of hydrogen-bond donors (Lipinski definition) is 10. The van der Waals surface area contributed by atoms with E-state index in [1.807, 2.05) is 12.2 Å². The lowest BCUT2D eigenvalue weighted by atomic mass is 9.72. The summed E-state index contributed by atoms with van der Waals surface area (Å²) in [6.45, 7) is 18.8. The molecule has 492 valence electrons. The zero-order chi connectivity index (χ0) is 65.7. The standard InChI is InChI=1S/C66H95N11O11S2/c1-34(2)50-61(85)71-45(31-38-19-12-11-13-20-38)63(87)77-30-18-26-47(77)58(82)75-53(54(78)37(7)8)62(86)70-44(24-16-28-68)57(81)74-52(36(5)6)64(88)76-29-17-25-46(76)55(79)48-32-41-39-21-14-22-40(39)42-33-49(90-66(42,10)65(41,9)89-48)59(83)73-51(35(3)4)60(84)69-43(23-15-27-67)56(80)72-50/h11-13,19-20,32-37,43-47,50-54,78H,14-18,21-31,67-68H2,1-10H3,(H,69,84)(H,70,86)(H,71,85)(H,72,80)(H,73,83)(H,74,81)(H,75,82)/t43-,44-,45+,46+,47-,50-,51-,52-,53-,54+,65-,66-/m0/s1. The minimum atomic E-state index is -1.63. The fraction of sp³-hybridized carbons (Fsp3) is 0.636. The molecule has 12 atom stereocenters. The summed E-state index contributed by atoms with van der Waals surface area (Å²) in [5, 5.41) is 31.7. The largest absolute Gasteiger partial charge is 0.390 e. The number of fused-ring (bicyclic) bond motifs is 5. The first kappa shape index (κ1) is 69.5. The Bertz CT molecular complexity index is 3090. The van der Waals surface area contributed by atoms with Gasteiger partial charge in [-0.15, -0.1) is 23.5 Å². The van der Waals surface area contributed by atoms with E-state index in [1.165, 1.54) is 28.4 Å². The molecule has 4 bridgehead atoms. The normalized spacial score (nSPS) is 30.8. The predicted molar refractivity (Wildman–Crippen MR) is 346 cm³/mol. The topological polar surface area (TPSA) is 334 Å². The lowest BCUT2D eigenvalue weighted by Gasteiger charge is -2.47. The summed E-state index contributed by atoms with van der Waals surface area (Å²) in [7, 11) is 0. The molecule has 5 heterocycles. The van der Waals surface area contributed by atoms with Gasteiger partial charge in [-0.25, -0.2) is 0 Å². The Morgan fingerprint density at radius 3 is 1.51 bits per heavy atom. The lowest BCUT2D eigenvalue weighted by molar-refractivity contribution is -0.143. The van der Waals surface area contributed by atoms with Gasteiger partial charge in [0.05, 0.1) is 31.5 Å². The SMILES string of the molecule is CC(C)[C@@H]1NC(=O)C2=CC3=C4CCCC4=C4C=C(S[C@]4(C)[C@@]3(C)S2)C(=O)[C@H]2CCCN2C(=O)[C@H](C(C)C)NC(=O)[C@H](CCCN)NC(=O)[C@H]([C@H](O)C(C)C)NC(=O)[C@@H]2CCCN2C(=O)[C@@H](Cc2ccccc2)NC(=O)[C@H](C(C)C)NC(=O)[C@H](CCCN)NC1=O. The second kappa shape index (κ2) is 29.5. The number of thioether (sulfide) groups is 2. The summed E-state index contributed by atoms with van der Waals surface area (Å²) in [5.74, 6) is -8.28. The Kier molecular flexibility index (Phi) is 22.8. The summed E-state index contributed by atoms with van der Waals surface area (Å²) < 4.78 is -1.52. The average Bonchev–Trinajstić information content (AvgIpc) is 1.48. The number of rotatable bonds is 13. The molecule has 1 aromatic rings. The third-order valence-electron chi connectivity index (χ3n) is 19.0. The van der Waals surface area contributed by atoms with Crippen LogP contribution in [0.1, 0.15) is 145 Å². The van der Waals surface area contributed by atoms with Gasteiger partial charge in [-0.2, -0.15) is 0 Å². The van der Waals surface area contributed by atoms with Crippen molar-refractivity contribution in [1.29, 1.82) is 0 Å². The van der Waals surface area contributed by atoms with E-state index < -0.39 is 147 Å². The van der Waals surface area contributed by atoms with Gasteiger partial charge in [0.25, 0.3) is 5.91 Å². The van der Waals surface area contributed by atoms with Crippen LogP contribution in [0.4, 0.5) is 0 Å². The number of allylic oxidation sites excluding steroid dienone is 4. The van der Waals surface area contributed by atoms with Gasteiger partial charge in [-0.05, 0) is 161 Å². The molecule has 12 N–H and O–H groups in total. The van der Waals surface area contributed by atoms with Crippen LogP contribution in [-0.2, 0) is 54.4 Å². The second-order valence-corrected chi connectivity index (χ2v) is 29.7. The maximum Gasteiger partial charge on any atom is 0.258 e. The Balaban J connectivity index is 1.16. The van der Waals surface area contributed by atoms with Gasteiger partial charge in [0.2, 0.25) is 47.3 Å². The molecule has 2 aliphatic carbocycles. The van der Waals surface area contributed by atoms with Crippen LogP contribution >= 0.6 is 23.5 Å². The van der Waals surface area contributed by atoms with Crippen molar-refractivity contribution >= 4 is 82.5 Å². The van der Waals surface area contributed by atoms with Gasteiger partial charge < -0.3 is 63.6 Å². The van der Waals surface area contributed by atoms with Crippen molar-refractivity contribution in [3.63, 3.8) is 0 Å². The third-order valence-corrected chi connectivity index (χ3v) is 22.3. The molecule has 1 saturated carbocycles. The number of aliphatic hydroxyl groups excluding tert-OH is 1. The van der Waals surface area contributed by atoms with Crippen molar-refractivity contribution in [2.24, 2.45) is 35.1 Å². The minimum absolute atomic E-state index is 0.0152. The van der Waals surface area contributed by atoms with Gasteiger partial charge in [0.15, 0.2) is 5.78 Å². The highest BCUT2D eigenvalue weighted by molar-refractivity contribution is 8.10. The Morgan fingerprint density at radius 1 is 0.533 bits per heavy atom. The molecule has 4 fully saturated rings. The smallest absolute Gasteiger partial charge is 0.258 e.